The van der Waals surface area contributed by atoms with E-state index in [9.17, 15) is 10.1 Å². The standard InChI is InChI=1S/C18H23N3O2/c19-12-15-6-1-2-7-17(15)18(22)21-10-5-11-23-16(14-21)13-20-8-3-4-9-20/h1-2,6-7,16H,3-5,8-11,13-14H2. The van der Waals surface area contributed by atoms with E-state index < -0.39 is 0 Å². The summed E-state index contributed by atoms with van der Waals surface area (Å²) in [5.74, 6) is -0.0564. The fourth-order valence-corrected chi connectivity index (χ4v) is 3.38. The van der Waals surface area contributed by atoms with Gasteiger partial charge in [0.1, 0.15) is 0 Å². The molecule has 0 N–H and O–H groups in total. The lowest BCUT2D eigenvalue weighted by molar-refractivity contribution is 0.0297. The summed E-state index contributed by atoms with van der Waals surface area (Å²) in [6.07, 6.45) is 3.42. The van der Waals surface area contributed by atoms with Crippen molar-refractivity contribution >= 4 is 5.91 Å². The number of nitrogens with zero attached hydrogens (tertiary/aromatic N) is 3. The van der Waals surface area contributed by atoms with Gasteiger partial charge in [-0.25, -0.2) is 0 Å². The molecule has 5 nitrogen and oxygen atoms in total. The Balaban J connectivity index is 1.70. The molecule has 2 heterocycles. The van der Waals surface area contributed by atoms with Gasteiger partial charge in [0.2, 0.25) is 0 Å². The van der Waals surface area contributed by atoms with Crippen molar-refractivity contribution in [3.8, 4) is 6.07 Å². The molecule has 2 aliphatic heterocycles. The Morgan fingerprint density at radius 1 is 1.22 bits per heavy atom. The van der Waals surface area contributed by atoms with Crippen molar-refractivity contribution < 1.29 is 9.53 Å². The highest BCUT2D eigenvalue weighted by Gasteiger charge is 2.26. The van der Waals surface area contributed by atoms with Crippen LogP contribution in [-0.4, -0.2) is 61.1 Å². The maximum Gasteiger partial charge on any atom is 0.255 e. The zero-order valence-corrected chi connectivity index (χ0v) is 13.4. The van der Waals surface area contributed by atoms with Crippen molar-refractivity contribution in [3.05, 3.63) is 35.4 Å². The third-order valence-electron chi connectivity index (χ3n) is 4.58. The van der Waals surface area contributed by atoms with Gasteiger partial charge in [-0.05, 0) is 44.5 Å². The molecule has 2 saturated heterocycles. The number of likely N-dealkylation sites (tertiary alicyclic amines) is 1. The first-order valence-electron chi connectivity index (χ1n) is 8.40. The van der Waals surface area contributed by atoms with Crippen molar-refractivity contribution in [3.63, 3.8) is 0 Å². The number of hydrogen-bond acceptors (Lipinski definition) is 4. The largest absolute Gasteiger partial charge is 0.375 e. The van der Waals surface area contributed by atoms with Gasteiger partial charge in [0.15, 0.2) is 0 Å². The normalized spacial score (nSPS) is 22.6. The summed E-state index contributed by atoms with van der Waals surface area (Å²) in [5, 5.41) is 9.21. The van der Waals surface area contributed by atoms with Crippen molar-refractivity contribution in [1.82, 2.24) is 9.80 Å². The highest BCUT2D eigenvalue weighted by Crippen LogP contribution is 2.16. The molecule has 23 heavy (non-hydrogen) atoms. The lowest BCUT2D eigenvalue weighted by atomic mass is 10.1. The van der Waals surface area contributed by atoms with Gasteiger partial charge in [-0.2, -0.15) is 5.26 Å². The van der Waals surface area contributed by atoms with Gasteiger partial charge in [-0.3, -0.25) is 4.79 Å². The van der Waals surface area contributed by atoms with Crippen molar-refractivity contribution in [1.29, 1.82) is 5.26 Å². The van der Waals surface area contributed by atoms with Crippen LogP contribution >= 0.6 is 0 Å². The Morgan fingerprint density at radius 2 is 2.00 bits per heavy atom. The molecule has 0 aromatic heterocycles. The Bertz CT molecular complexity index is 590. The molecule has 1 amide bonds. The van der Waals surface area contributed by atoms with E-state index in [-0.39, 0.29) is 12.0 Å². The number of hydrogen-bond donors (Lipinski definition) is 0. The van der Waals surface area contributed by atoms with Gasteiger partial charge in [-0.15, -0.1) is 0 Å². The predicted molar refractivity (Wildman–Crippen MR) is 87.1 cm³/mol. The molecule has 1 unspecified atom stereocenters. The molecular formula is C18H23N3O2. The topological polar surface area (TPSA) is 56.6 Å². The van der Waals surface area contributed by atoms with Gasteiger partial charge < -0.3 is 14.5 Å². The van der Waals surface area contributed by atoms with Crippen LogP contribution in [0.15, 0.2) is 24.3 Å². The van der Waals surface area contributed by atoms with E-state index >= 15 is 0 Å². The molecule has 0 saturated carbocycles. The quantitative estimate of drug-likeness (QED) is 0.855. The zero-order valence-electron chi connectivity index (χ0n) is 13.4. The highest BCUT2D eigenvalue weighted by molar-refractivity contribution is 5.96. The maximum atomic E-state index is 12.8. The van der Waals surface area contributed by atoms with Crippen molar-refractivity contribution in [2.75, 3.05) is 39.3 Å². The van der Waals surface area contributed by atoms with E-state index in [2.05, 4.69) is 11.0 Å². The van der Waals surface area contributed by atoms with Crippen LogP contribution < -0.4 is 0 Å². The van der Waals surface area contributed by atoms with Crippen LogP contribution in [0.2, 0.25) is 0 Å². The van der Waals surface area contributed by atoms with Gasteiger partial charge in [0.25, 0.3) is 5.91 Å². The molecule has 5 heteroatoms. The van der Waals surface area contributed by atoms with Crippen LogP contribution in [0, 0.1) is 11.3 Å². The molecule has 1 aromatic rings. The van der Waals surface area contributed by atoms with Crippen LogP contribution in [0.5, 0.6) is 0 Å². The van der Waals surface area contributed by atoms with Gasteiger partial charge in [-0.1, -0.05) is 12.1 Å². The molecule has 1 atom stereocenters. The summed E-state index contributed by atoms with van der Waals surface area (Å²) in [4.78, 5) is 17.1. The predicted octanol–water partition coefficient (Wildman–Crippen LogP) is 1.89. The molecular weight excluding hydrogens is 290 g/mol. The summed E-state index contributed by atoms with van der Waals surface area (Å²) >= 11 is 0. The van der Waals surface area contributed by atoms with E-state index in [4.69, 9.17) is 4.74 Å². The number of nitriles is 1. The number of carbonyl (C=O) groups is 1. The molecule has 3 rings (SSSR count). The fourth-order valence-electron chi connectivity index (χ4n) is 3.38. The first-order chi connectivity index (χ1) is 11.3. The lowest BCUT2D eigenvalue weighted by Gasteiger charge is -2.27. The number of benzene rings is 1. The minimum atomic E-state index is -0.0564. The average molecular weight is 313 g/mol. The van der Waals surface area contributed by atoms with Crippen LogP contribution in [0.25, 0.3) is 0 Å². The Kier molecular flexibility index (Phi) is 5.27. The molecule has 1 aromatic carbocycles. The van der Waals surface area contributed by atoms with E-state index in [1.54, 1.807) is 18.2 Å². The van der Waals surface area contributed by atoms with Gasteiger partial charge in [0.05, 0.1) is 23.3 Å². The summed E-state index contributed by atoms with van der Waals surface area (Å²) in [6, 6.07) is 9.15. The lowest BCUT2D eigenvalue weighted by Crippen LogP contribution is -2.42. The first-order valence-corrected chi connectivity index (χ1v) is 8.40. The molecule has 0 spiro atoms. The monoisotopic (exact) mass is 313 g/mol. The van der Waals surface area contributed by atoms with Crippen LogP contribution in [0.4, 0.5) is 0 Å². The van der Waals surface area contributed by atoms with E-state index in [1.165, 1.54) is 12.8 Å². The molecule has 0 radical (unpaired) electrons. The minimum absolute atomic E-state index is 0.0564. The number of carbonyl (C=O) groups excluding carboxylic acids is 1. The second kappa shape index (κ2) is 7.58. The molecule has 2 fully saturated rings. The Hall–Kier alpha value is -1.90. The first kappa shape index (κ1) is 16.0. The number of amides is 1. The Labute approximate surface area is 137 Å². The Morgan fingerprint density at radius 3 is 2.78 bits per heavy atom. The van der Waals surface area contributed by atoms with Crippen LogP contribution in [-0.2, 0) is 4.74 Å². The number of ether oxygens (including phenoxy) is 1. The van der Waals surface area contributed by atoms with Gasteiger partial charge in [0, 0.05) is 26.2 Å². The third kappa shape index (κ3) is 3.90. The summed E-state index contributed by atoms with van der Waals surface area (Å²) < 4.78 is 5.94. The number of rotatable bonds is 3. The van der Waals surface area contributed by atoms with Crippen molar-refractivity contribution in [2.24, 2.45) is 0 Å². The van der Waals surface area contributed by atoms with Crippen LogP contribution in [0.3, 0.4) is 0 Å². The summed E-state index contributed by atoms with van der Waals surface area (Å²) in [7, 11) is 0. The zero-order chi connectivity index (χ0) is 16.1. The van der Waals surface area contributed by atoms with Gasteiger partial charge >= 0.3 is 0 Å². The fraction of sp³-hybridized carbons (Fsp3) is 0.556. The molecule has 0 bridgehead atoms. The summed E-state index contributed by atoms with van der Waals surface area (Å²) in [5.41, 5.74) is 0.940. The molecule has 122 valence electrons. The van der Waals surface area contributed by atoms with E-state index in [1.807, 2.05) is 11.0 Å². The highest BCUT2D eigenvalue weighted by atomic mass is 16.5. The average Bonchev–Trinajstić information content (AvgIpc) is 2.98. The second-order valence-corrected chi connectivity index (χ2v) is 6.26. The van der Waals surface area contributed by atoms with Crippen molar-refractivity contribution in [2.45, 2.75) is 25.4 Å². The van der Waals surface area contributed by atoms with E-state index in [0.29, 0.717) is 30.8 Å². The van der Waals surface area contributed by atoms with E-state index in [0.717, 1.165) is 26.1 Å². The molecule has 0 aliphatic carbocycles. The second-order valence-electron chi connectivity index (χ2n) is 6.26. The minimum Gasteiger partial charge on any atom is -0.375 e. The maximum absolute atomic E-state index is 12.8. The summed E-state index contributed by atoms with van der Waals surface area (Å²) in [6.45, 7) is 5.15. The SMILES string of the molecule is N#Cc1ccccc1C(=O)N1CCCOC(CN2CCCC2)C1. The van der Waals surface area contributed by atoms with Crippen LogP contribution in [0.1, 0.15) is 35.2 Å². The smallest absolute Gasteiger partial charge is 0.255 e. The molecule has 2 aliphatic rings. The third-order valence-corrected chi connectivity index (χ3v) is 4.58.